The first-order valence-electron chi connectivity index (χ1n) is 38.1. The Kier molecular flexibility index (Phi) is 46.4. The Morgan fingerprint density at radius 3 is 0.463 bits per heavy atom. The molecule has 0 aliphatic rings. The molecule has 6 rings (SSSR count). The van der Waals surface area contributed by atoms with Crippen molar-refractivity contribution in [3.05, 3.63) is 199 Å². The first kappa shape index (κ1) is 97.8. The Morgan fingerprint density at radius 1 is 0.241 bits per heavy atom. The van der Waals surface area contributed by atoms with Crippen LogP contribution >= 0.6 is 0 Å². The maximum absolute atomic E-state index is 11.8. The second-order valence-electron chi connectivity index (χ2n) is 27.4. The van der Waals surface area contributed by atoms with Gasteiger partial charge in [0.05, 0.1) is 48.8 Å². The molecule has 0 fully saturated rings. The van der Waals surface area contributed by atoms with Crippen molar-refractivity contribution in [2.24, 2.45) is 23.7 Å². The van der Waals surface area contributed by atoms with Crippen LogP contribution in [0.2, 0.25) is 0 Å². The highest BCUT2D eigenvalue weighted by molar-refractivity contribution is 4.91. The molecular weight excluding hydrogens is 1400 g/mol. The van der Waals surface area contributed by atoms with E-state index in [-0.39, 0.29) is 107 Å². The van der Waals surface area contributed by atoms with E-state index in [0.717, 1.165) is 77.0 Å². The highest BCUT2D eigenvalue weighted by Gasteiger charge is 2.27. The van der Waals surface area contributed by atoms with Crippen LogP contribution in [-0.2, 0) is 28.4 Å². The molecule has 32 heteroatoms. The maximum Gasteiger partial charge on any atom is 0.330 e. The lowest BCUT2D eigenvalue weighted by Gasteiger charge is -2.27. The quantitative estimate of drug-likeness (QED) is 0.0182. The third-order valence-electron chi connectivity index (χ3n) is 17.3. The Balaban J connectivity index is 0.000000648. The number of rotatable bonds is 36. The van der Waals surface area contributed by atoms with Crippen LogP contribution in [-0.4, -0.2) is 116 Å². The van der Waals surface area contributed by atoms with E-state index in [4.69, 9.17) is 28.4 Å². The van der Waals surface area contributed by atoms with Crippen molar-refractivity contribution in [1.29, 1.82) is 0 Å². The van der Waals surface area contributed by atoms with Gasteiger partial charge in [-0.25, -0.2) is 28.8 Å². The van der Waals surface area contributed by atoms with Gasteiger partial charge in [0.25, 0.3) is 33.4 Å². The summed E-state index contributed by atoms with van der Waals surface area (Å²) >= 11 is 0. The van der Waals surface area contributed by atoms with E-state index in [1.807, 2.05) is 83.1 Å². The van der Waals surface area contributed by atoms with E-state index in [1.165, 1.54) is 101 Å². The number of H-pyrrole nitrogens is 6. The van der Waals surface area contributed by atoms with Gasteiger partial charge < -0.3 is 38.6 Å². The molecule has 0 bridgehead atoms. The van der Waals surface area contributed by atoms with Gasteiger partial charge in [0.15, 0.2) is 12.5 Å². The third-order valence-corrected chi connectivity index (χ3v) is 17.3. The molecule has 0 radical (unpaired) electrons. The number of aromatic nitrogens is 12. The highest BCUT2D eigenvalue weighted by atomic mass is 16.5. The molecule has 6 heterocycles. The standard InChI is InChI=1S/4C13H22N2O3.2C12H20N2O4/c4*1-5-10(6-2)18-12(9(3)4)15-8-7-11(16)14-13(15)17;2*1-4-9(5-2)18-11(8(3)15)14-7-6-10(16)13-12(14)17/h4*7-10,12H,5-6H2,1-4H3,(H,14,16,17);2*6-9,11,15H,4-5H2,1-3H3,(H,13,16,17)/t;;;;2*8-,11?/m....10/s1. The van der Waals surface area contributed by atoms with Crippen molar-refractivity contribution < 1.29 is 38.6 Å². The number of hydrogen-bond acceptors (Lipinski definition) is 20. The minimum Gasteiger partial charge on any atom is -0.389 e. The number of aliphatic hydroxyl groups excluding tert-OH is 2. The summed E-state index contributed by atoms with van der Waals surface area (Å²) in [6.07, 6.45) is 14.7. The monoisotopic (exact) mass is 1530 g/mol. The molecule has 0 saturated carbocycles. The normalized spacial score (nSPS) is 13.7. The SMILES string of the molecule is CCC(CC)OC(C(C)C)n1ccc(=O)[nH]c1=O.CCC(CC)OC(C(C)C)n1ccc(=O)[nH]c1=O.CCC(CC)OC(C(C)C)n1ccc(=O)[nH]c1=O.CCC(CC)OC(C(C)C)n1ccc(=O)[nH]c1=O.CCC(CC)OC([C@@H](C)O)n1ccc(=O)[nH]c1=O.CCC(CC)OC([C@H](C)O)n1ccc(=O)[nH]c1=O. The zero-order valence-corrected chi connectivity index (χ0v) is 67.7. The fourth-order valence-electron chi connectivity index (χ4n) is 10.8. The summed E-state index contributed by atoms with van der Waals surface area (Å²) in [5.74, 6) is 0.590. The van der Waals surface area contributed by atoms with Crippen LogP contribution < -0.4 is 67.5 Å². The van der Waals surface area contributed by atoms with Crippen molar-refractivity contribution >= 4 is 0 Å². The van der Waals surface area contributed by atoms with Gasteiger partial charge in [0, 0.05) is 73.6 Å². The number of aromatic amines is 6. The lowest BCUT2D eigenvalue weighted by atomic mass is 10.1. The van der Waals surface area contributed by atoms with Gasteiger partial charge in [-0.05, 0) is 115 Å². The summed E-state index contributed by atoms with van der Waals surface area (Å²) in [6, 6.07) is 7.82. The minimum absolute atomic E-state index is 0.0385. The van der Waals surface area contributed by atoms with Gasteiger partial charge in [0.2, 0.25) is 0 Å². The Hall–Kier alpha value is -8.24. The van der Waals surface area contributed by atoms with Crippen molar-refractivity contribution in [3.63, 3.8) is 0 Å². The summed E-state index contributed by atoms with van der Waals surface area (Å²) in [4.78, 5) is 150. The fraction of sp³-hybridized carbons (Fsp3) is 0.684. The average Bonchev–Trinajstić information content (AvgIpc) is 0.876. The van der Waals surface area contributed by atoms with Gasteiger partial charge in [-0.2, -0.15) is 0 Å². The van der Waals surface area contributed by atoms with Crippen molar-refractivity contribution in [2.75, 3.05) is 0 Å². The number of nitrogens with zero attached hydrogens (tertiary/aromatic N) is 6. The molecule has 0 spiro atoms. The highest BCUT2D eigenvalue weighted by Crippen LogP contribution is 2.26. The van der Waals surface area contributed by atoms with E-state index in [1.54, 1.807) is 13.8 Å². The Labute approximate surface area is 631 Å². The van der Waals surface area contributed by atoms with Crippen molar-refractivity contribution in [3.8, 4) is 0 Å². The van der Waals surface area contributed by atoms with Crippen molar-refractivity contribution in [2.45, 2.75) is 316 Å². The van der Waals surface area contributed by atoms with Crippen molar-refractivity contribution in [1.82, 2.24) is 57.3 Å². The molecule has 0 aliphatic carbocycles. The largest absolute Gasteiger partial charge is 0.389 e. The second kappa shape index (κ2) is 51.2. The number of hydrogen-bond donors (Lipinski definition) is 8. The predicted molar refractivity (Wildman–Crippen MR) is 418 cm³/mol. The van der Waals surface area contributed by atoms with Gasteiger partial charge >= 0.3 is 34.1 Å². The summed E-state index contributed by atoms with van der Waals surface area (Å²) < 4.78 is 43.4. The zero-order chi connectivity index (χ0) is 82.2. The topological polar surface area (TPSA) is 425 Å². The maximum atomic E-state index is 11.8. The van der Waals surface area contributed by atoms with Crippen LogP contribution in [0.5, 0.6) is 0 Å². The van der Waals surface area contributed by atoms with Gasteiger partial charge in [0.1, 0.15) is 24.9 Å². The van der Waals surface area contributed by atoms with Crippen LogP contribution in [0.1, 0.15) is 267 Å². The number of nitrogens with one attached hydrogen (secondary N) is 6. The smallest absolute Gasteiger partial charge is 0.330 e. The molecule has 0 aromatic carbocycles. The molecule has 0 aliphatic heterocycles. The lowest BCUT2D eigenvalue weighted by molar-refractivity contribution is -0.115. The molecule has 0 amide bonds. The minimum atomic E-state index is -0.853. The zero-order valence-electron chi connectivity index (χ0n) is 67.7. The molecule has 32 nitrogen and oxygen atoms in total. The molecule has 6 aromatic heterocycles. The second-order valence-corrected chi connectivity index (χ2v) is 27.4. The molecule has 612 valence electrons. The molecule has 0 saturated heterocycles. The van der Waals surface area contributed by atoms with Crippen LogP contribution in [0.4, 0.5) is 0 Å². The number of aliphatic hydroxyl groups is 2. The van der Waals surface area contributed by atoms with E-state index in [2.05, 4.69) is 85.3 Å². The van der Waals surface area contributed by atoms with Crippen LogP contribution in [0, 0.1) is 23.7 Å². The Morgan fingerprint density at radius 2 is 0.361 bits per heavy atom. The first-order valence-corrected chi connectivity index (χ1v) is 38.1. The predicted octanol–water partition coefficient (Wildman–Crippen LogP) is 8.83. The van der Waals surface area contributed by atoms with E-state index < -0.39 is 69.9 Å². The summed E-state index contributed by atoms with van der Waals surface area (Å²) in [5, 5.41) is 19.4. The lowest BCUT2D eigenvalue weighted by Crippen LogP contribution is -2.38. The van der Waals surface area contributed by atoms with Crippen LogP contribution in [0.3, 0.4) is 0 Å². The van der Waals surface area contributed by atoms with Gasteiger partial charge in [-0.15, -0.1) is 0 Å². The molecule has 8 N–H and O–H groups in total. The van der Waals surface area contributed by atoms with Gasteiger partial charge in [-0.3, -0.25) is 86.1 Å². The van der Waals surface area contributed by atoms with E-state index >= 15 is 0 Å². The molecule has 108 heavy (non-hydrogen) atoms. The fourth-order valence-corrected chi connectivity index (χ4v) is 10.8. The van der Waals surface area contributed by atoms with E-state index in [9.17, 15) is 67.7 Å². The molecule has 6 aromatic rings. The third kappa shape index (κ3) is 33.3. The first-order chi connectivity index (χ1) is 50.9. The average molecular weight is 1530 g/mol. The summed E-state index contributed by atoms with van der Waals surface area (Å²) in [5.41, 5.74) is -5.35. The number of ether oxygens (including phenoxy) is 6. The molecule has 6 unspecified atom stereocenters. The molecular formula is C76H128N12O20. The van der Waals surface area contributed by atoms with E-state index in [0.29, 0.717) is 0 Å². The van der Waals surface area contributed by atoms with Crippen LogP contribution in [0.15, 0.2) is 131 Å². The summed E-state index contributed by atoms with van der Waals surface area (Å²) in [7, 11) is 0. The molecule has 8 atom stereocenters. The Bertz CT molecular complexity index is 3530. The summed E-state index contributed by atoms with van der Waals surface area (Å²) in [6.45, 7) is 43.4. The van der Waals surface area contributed by atoms with Crippen LogP contribution in [0.25, 0.3) is 0 Å². The van der Waals surface area contributed by atoms with Gasteiger partial charge in [-0.1, -0.05) is 138 Å².